The van der Waals surface area contributed by atoms with Crippen molar-refractivity contribution in [3.8, 4) is 0 Å². The average Bonchev–Trinajstić information content (AvgIpc) is 2.88. The first-order valence-electron chi connectivity index (χ1n) is 8.04. The van der Waals surface area contributed by atoms with Crippen LogP contribution in [0.3, 0.4) is 0 Å². The number of nitrogens with one attached hydrogen (secondary N) is 1. The van der Waals surface area contributed by atoms with E-state index in [-0.39, 0.29) is 17.6 Å². The van der Waals surface area contributed by atoms with Gasteiger partial charge in [-0.25, -0.2) is 4.39 Å². The van der Waals surface area contributed by atoms with Gasteiger partial charge in [-0.15, -0.1) is 0 Å². The van der Waals surface area contributed by atoms with Gasteiger partial charge in [0, 0.05) is 19.5 Å². The minimum absolute atomic E-state index is 0.0282. The summed E-state index contributed by atoms with van der Waals surface area (Å²) in [6, 6.07) is 6.30. The first-order chi connectivity index (χ1) is 11.6. The van der Waals surface area contributed by atoms with Gasteiger partial charge in [0.2, 0.25) is 11.8 Å². The predicted octanol–water partition coefficient (Wildman–Crippen LogP) is 2.91. The van der Waals surface area contributed by atoms with Crippen LogP contribution < -0.4 is 5.32 Å². The molecule has 0 bridgehead atoms. The van der Waals surface area contributed by atoms with Crippen molar-refractivity contribution in [1.29, 1.82) is 0 Å². The van der Waals surface area contributed by atoms with Crippen molar-refractivity contribution in [1.82, 2.24) is 10.2 Å². The largest absolute Gasteiger partial charge is 0.356 e. The molecule has 1 fully saturated rings. The summed E-state index contributed by atoms with van der Waals surface area (Å²) in [6.07, 6.45) is 3.72. The zero-order valence-corrected chi connectivity index (χ0v) is 15.1. The molecule has 1 aromatic rings. The number of carbonyl (C=O) groups excluding carboxylic acids is 2. The lowest BCUT2D eigenvalue weighted by Crippen LogP contribution is -2.29. The maximum absolute atomic E-state index is 12.8. The van der Waals surface area contributed by atoms with Crippen LogP contribution in [0.1, 0.15) is 31.2 Å². The van der Waals surface area contributed by atoms with Gasteiger partial charge in [0.05, 0.1) is 5.75 Å². The molecule has 0 aliphatic carbocycles. The van der Waals surface area contributed by atoms with Crippen molar-refractivity contribution in [2.24, 2.45) is 0 Å². The lowest BCUT2D eigenvalue weighted by Gasteiger charge is -2.14. The topological polar surface area (TPSA) is 49.4 Å². The van der Waals surface area contributed by atoms with Gasteiger partial charge in [0.1, 0.15) is 10.1 Å². The molecule has 24 heavy (non-hydrogen) atoms. The van der Waals surface area contributed by atoms with Crippen LogP contribution in [0.2, 0.25) is 0 Å². The Bertz CT molecular complexity index is 577. The second kappa shape index (κ2) is 9.74. The van der Waals surface area contributed by atoms with Crippen LogP contribution >= 0.6 is 24.0 Å². The molecule has 0 unspecified atom stereocenters. The molecule has 2 rings (SSSR count). The Hall–Kier alpha value is -1.47. The van der Waals surface area contributed by atoms with E-state index >= 15 is 0 Å². The summed E-state index contributed by atoms with van der Waals surface area (Å²) < 4.78 is 13.4. The molecule has 0 aromatic heterocycles. The van der Waals surface area contributed by atoms with Crippen molar-refractivity contribution < 1.29 is 14.0 Å². The van der Waals surface area contributed by atoms with Crippen LogP contribution in [0.25, 0.3) is 0 Å². The van der Waals surface area contributed by atoms with Gasteiger partial charge in [0.25, 0.3) is 0 Å². The fraction of sp³-hybridized carbons (Fsp3) is 0.471. The van der Waals surface area contributed by atoms with E-state index in [4.69, 9.17) is 12.2 Å². The van der Waals surface area contributed by atoms with E-state index in [9.17, 15) is 14.0 Å². The first kappa shape index (κ1) is 18.9. The van der Waals surface area contributed by atoms with E-state index in [0.717, 1.165) is 24.8 Å². The minimum atomic E-state index is -0.252. The number of carbonyl (C=O) groups is 2. The third-order valence-electron chi connectivity index (χ3n) is 3.78. The Morgan fingerprint density at radius 3 is 2.67 bits per heavy atom. The molecule has 0 saturated carbocycles. The molecule has 0 spiro atoms. The van der Waals surface area contributed by atoms with Crippen molar-refractivity contribution in [3.63, 3.8) is 0 Å². The second-order valence-electron chi connectivity index (χ2n) is 5.64. The van der Waals surface area contributed by atoms with Crippen molar-refractivity contribution in [2.45, 2.75) is 32.1 Å². The number of thioether (sulfide) groups is 1. The van der Waals surface area contributed by atoms with Crippen molar-refractivity contribution in [2.75, 3.05) is 18.8 Å². The van der Waals surface area contributed by atoms with Crippen LogP contribution in [-0.2, 0) is 16.0 Å². The number of hydrogen-bond acceptors (Lipinski definition) is 4. The van der Waals surface area contributed by atoms with Crippen molar-refractivity contribution >= 4 is 40.1 Å². The Morgan fingerprint density at radius 1 is 1.25 bits per heavy atom. The third-order valence-corrected chi connectivity index (χ3v) is 5.21. The highest BCUT2D eigenvalue weighted by Crippen LogP contribution is 2.19. The van der Waals surface area contributed by atoms with Gasteiger partial charge in [-0.2, -0.15) is 0 Å². The summed E-state index contributed by atoms with van der Waals surface area (Å²) in [4.78, 5) is 24.9. The molecule has 2 amide bonds. The molecular weight excluding hydrogens is 347 g/mol. The number of halogens is 1. The monoisotopic (exact) mass is 368 g/mol. The third kappa shape index (κ3) is 6.20. The lowest BCUT2D eigenvalue weighted by atomic mass is 10.1. The number of unbranched alkanes of at least 4 members (excludes halogenated alkanes) is 2. The van der Waals surface area contributed by atoms with Crippen LogP contribution in [0.4, 0.5) is 4.39 Å². The van der Waals surface area contributed by atoms with Gasteiger partial charge in [-0.1, -0.05) is 42.5 Å². The Balaban J connectivity index is 1.51. The SMILES string of the molecule is O=C(CCCCCN1C(=O)CSC1=S)NCCc1ccc(F)cc1. The summed E-state index contributed by atoms with van der Waals surface area (Å²) in [5, 5.41) is 2.87. The molecule has 130 valence electrons. The Kier molecular flexibility index (Phi) is 7.65. The number of thiocarbonyl (C=S) groups is 1. The van der Waals surface area contributed by atoms with Crippen LogP contribution in [0, 0.1) is 5.82 Å². The molecule has 1 saturated heterocycles. The van der Waals surface area contributed by atoms with Crippen LogP contribution in [0.15, 0.2) is 24.3 Å². The predicted molar refractivity (Wildman–Crippen MR) is 98.4 cm³/mol. The Labute approximate surface area is 151 Å². The summed E-state index contributed by atoms with van der Waals surface area (Å²) >= 11 is 6.53. The molecule has 0 radical (unpaired) electrons. The van der Waals surface area contributed by atoms with E-state index in [1.165, 1.54) is 23.9 Å². The van der Waals surface area contributed by atoms with Gasteiger partial charge in [-0.05, 0) is 37.0 Å². The molecule has 1 aliphatic heterocycles. The fourth-order valence-corrected chi connectivity index (χ4v) is 3.54. The van der Waals surface area contributed by atoms with E-state index < -0.39 is 0 Å². The summed E-state index contributed by atoms with van der Waals surface area (Å²) in [5.74, 6) is 0.316. The summed E-state index contributed by atoms with van der Waals surface area (Å²) in [5.41, 5.74) is 1.00. The van der Waals surface area contributed by atoms with Gasteiger partial charge < -0.3 is 5.32 Å². The molecule has 7 heteroatoms. The highest BCUT2D eigenvalue weighted by molar-refractivity contribution is 8.23. The van der Waals surface area contributed by atoms with E-state index in [1.54, 1.807) is 17.0 Å². The van der Waals surface area contributed by atoms with Gasteiger partial charge in [0.15, 0.2) is 0 Å². The summed E-state index contributed by atoms with van der Waals surface area (Å²) in [7, 11) is 0. The summed E-state index contributed by atoms with van der Waals surface area (Å²) in [6.45, 7) is 1.20. The highest BCUT2D eigenvalue weighted by atomic mass is 32.2. The second-order valence-corrected chi connectivity index (χ2v) is 7.25. The minimum Gasteiger partial charge on any atom is -0.356 e. The van der Waals surface area contributed by atoms with Gasteiger partial charge in [-0.3, -0.25) is 14.5 Å². The van der Waals surface area contributed by atoms with Gasteiger partial charge >= 0.3 is 0 Å². The number of amides is 2. The zero-order valence-electron chi connectivity index (χ0n) is 13.4. The number of rotatable bonds is 9. The Morgan fingerprint density at radius 2 is 2.00 bits per heavy atom. The zero-order chi connectivity index (χ0) is 17.4. The maximum Gasteiger partial charge on any atom is 0.238 e. The molecule has 1 heterocycles. The maximum atomic E-state index is 12.8. The van der Waals surface area contributed by atoms with Crippen molar-refractivity contribution in [3.05, 3.63) is 35.6 Å². The molecule has 0 atom stereocenters. The number of benzene rings is 1. The molecular formula is C17H21FN2O2S2. The molecule has 1 N–H and O–H groups in total. The quantitative estimate of drug-likeness (QED) is 0.538. The van der Waals surface area contributed by atoms with Crippen LogP contribution in [0.5, 0.6) is 0 Å². The molecule has 1 aromatic carbocycles. The molecule has 4 nitrogen and oxygen atoms in total. The van der Waals surface area contributed by atoms with Crippen LogP contribution in [-0.4, -0.2) is 39.9 Å². The van der Waals surface area contributed by atoms with E-state index in [0.29, 0.717) is 36.0 Å². The van der Waals surface area contributed by atoms with E-state index in [1.807, 2.05) is 0 Å². The molecule has 1 aliphatic rings. The first-order valence-corrected chi connectivity index (χ1v) is 9.44. The van der Waals surface area contributed by atoms with E-state index in [2.05, 4.69) is 5.32 Å². The smallest absolute Gasteiger partial charge is 0.238 e. The standard InChI is InChI=1S/C17H21FN2O2S2/c18-14-7-5-13(6-8-14)9-10-19-15(21)4-2-1-3-11-20-16(22)12-24-17(20)23/h5-8H,1-4,9-12H2,(H,19,21). The normalized spacial score (nSPS) is 14.3. The number of nitrogens with zero attached hydrogens (tertiary/aromatic N) is 1. The number of hydrogen-bond donors (Lipinski definition) is 1. The lowest BCUT2D eigenvalue weighted by molar-refractivity contribution is -0.124. The average molecular weight is 368 g/mol. The fourth-order valence-electron chi connectivity index (χ4n) is 2.42. The highest BCUT2D eigenvalue weighted by Gasteiger charge is 2.25.